The Bertz CT molecular complexity index is 405. The predicted octanol–water partition coefficient (Wildman–Crippen LogP) is 1.38. The van der Waals surface area contributed by atoms with Crippen LogP contribution in [0, 0.1) is 5.92 Å². The van der Waals surface area contributed by atoms with Gasteiger partial charge in [-0.3, -0.25) is 9.69 Å². The second kappa shape index (κ2) is 5.23. The molecule has 1 heterocycles. The summed E-state index contributed by atoms with van der Waals surface area (Å²) in [6.45, 7) is -1.35. The highest BCUT2D eigenvalue weighted by molar-refractivity contribution is 6.07. The lowest BCUT2D eigenvalue weighted by atomic mass is 9.81. The first-order chi connectivity index (χ1) is 9.30. The molecule has 0 aromatic rings. The molecule has 1 atom stereocenters. The number of urea groups is 1. The molecule has 1 unspecified atom stereocenters. The van der Waals surface area contributed by atoms with E-state index in [0.29, 0.717) is 17.7 Å². The molecule has 3 N–H and O–H groups in total. The van der Waals surface area contributed by atoms with Gasteiger partial charge in [0.2, 0.25) is 0 Å². The zero-order valence-electron chi connectivity index (χ0n) is 11.0. The summed E-state index contributed by atoms with van der Waals surface area (Å²) in [5.74, 6) is -2.42. The molecule has 1 saturated heterocycles. The molecule has 8 heteroatoms. The molecular formula is C12H18F3N3O2. The van der Waals surface area contributed by atoms with E-state index >= 15 is 0 Å². The molecule has 5 nitrogen and oxygen atoms in total. The van der Waals surface area contributed by atoms with Crippen molar-refractivity contribution in [3.8, 4) is 0 Å². The Balaban J connectivity index is 2.13. The fourth-order valence-electron chi connectivity index (χ4n) is 2.87. The van der Waals surface area contributed by atoms with Crippen LogP contribution in [0.3, 0.4) is 0 Å². The number of amides is 3. The highest BCUT2D eigenvalue weighted by Crippen LogP contribution is 2.35. The van der Waals surface area contributed by atoms with Gasteiger partial charge < -0.3 is 11.1 Å². The lowest BCUT2D eigenvalue weighted by molar-refractivity contribution is -0.175. The van der Waals surface area contributed by atoms with Crippen LogP contribution in [0.25, 0.3) is 0 Å². The summed E-state index contributed by atoms with van der Waals surface area (Å²) in [5, 5.41) is 2.58. The average molecular weight is 293 g/mol. The van der Waals surface area contributed by atoms with Crippen molar-refractivity contribution in [3.05, 3.63) is 0 Å². The van der Waals surface area contributed by atoms with E-state index in [1.54, 1.807) is 0 Å². The van der Waals surface area contributed by atoms with Gasteiger partial charge >= 0.3 is 12.2 Å². The number of nitrogens with zero attached hydrogens (tertiary/aromatic N) is 1. The number of nitrogens with one attached hydrogen (secondary N) is 1. The Morgan fingerprint density at radius 3 is 2.35 bits per heavy atom. The molecule has 0 aromatic heterocycles. The minimum absolute atomic E-state index is 0.493. The minimum Gasteiger partial charge on any atom is -0.330 e. The lowest BCUT2D eigenvalue weighted by Gasteiger charge is -2.31. The summed E-state index contributed by atoms with van der Waals surface area (Å²) in [6.07, 6.45) is -0.976. The monoisotopic (exact) mass is 293 g/mol. The van der Waals surface area contributed by atoms with Crippen LogP contribution in [0.1, 0.15) is 32.1 Å². The molecule has 2 aliphatic rings. The second-order valence-corrected chi connectivity index (χ2v) is 5.46. The Hall–Kier alpha value is -1.31. The number of nitrogens with two attached hydrogens (primary N) is 1. The molecule has 114 valence electrons. The second-order valence-electron chi connectivity index (χ2n) is 5.46. The maximum Gasteiger partial charge on any atom is 0.394 e. The highest BCUT2D eigenvalue weighted by atomic mass is 19.4. The lowest BCUT2D eigenvalue weighted by Crippen LogP contribution is -2.49. The van der Waals surface area contributed by atoms with Crippen LogP contribution in [0.4, 0.5) is 18.0 Å². The van der Waals surface area contributed by atoms with Gasteiger partial charge in [0.15, 0.2) is 0 Å². The maximum atomic E-state index is 12.7. The fourth-order valence-corrected chi connectivity index (χ4v) is 2.87. The van der Waals surface area contributed by atoms with Crippen molar-refractivity contribution in [3.63, 3.8) is 0 Å². The molecule has 1 spiro atoms. The topological polar surface area (TPSA) is 75.4 Å². The molecule has 2 fully saturated rings. The predicted molar refractivity (Wildman–Crippen MR) is 64.7 cm³/mol. The van der Waals surface area contributed by atoms with Gasteiger partial charge in [0.1, 0.15) is 5.54 Å². The van der Waals surface area contributed by atoms with E-state index in [9.17, 15) is 22.8 Å². The van der Waals surface area contributed by atoms with Gasteiger partial charge in [-0.15, -0.1) is 0 Å². The number of carbonyl (C=O) groups is 2. The van der Waals surface area contributed by atoms with Gasteiger partial charge in [-0.2, -0.15) is 13.2 Å². The van der Waals surface area contributed by atoms with Gasteiger partial charge in [-0.1, -0.05) is 19.3 Å². The van der Waals surface area contributed by atoms with E-state index in [1.807, 2.05) is 0 Å². The van der Waals surface area contributed by atoms with Crippen LogP contribution in [-0.4, -0.2) is 41.6 Å². The molecule has 1 aliphatic carbocycles. The number of alkyl halides is 3. The average Bonchev–Trinajstić information content (AvgIpc) is 2.58. The van der Waals surface area contributed by atoms with Crippen LogP contribution in [0.2, 0.25) is 0 Å². The molecule has 20 heavy (non-hydrogen) atoms. The quantitative estimate of drug-likeness (QED) is 0.772. The standard InChI is InChI=1S/C12H18F3N3O2/c13-12(14,15)8(6-16)7-18-9(19)11(17-10(18)20)4-2-1-3-5-11/h8H,1-7,16H2,(H,17,20). The maximum absolute atomic E-state index is 12.7. The molecule has 1 saturated carbocycles. The van der Waals surface area contributed by atoms with Crippen LogP contribution in [-0.2, 0) is 4.79 Å². The van der Waals surface area contributed by atoms with Gasteiger partial charge in [-0.25, -0.2) is 4.79 Å². The van der Waals surface area contributed by atoms with Crippen LogP contribution in [0.15, 0.2) is 0 Å². The Morgan fingerprint density at radius 2 is 1.85 bits per heavy atom. The number of hydrogen-bond acceptors (Lipinski definition) is 3. The van der Waals surface area contributed by atoms with Gasteiger partial charge in [0.05, 0.1) is 5.92 Å². The van der Waals surface area contributed by atoms with Crippen LogP contribution < -0.4 is 11.1 Å². The number of hydrogen-bond donors (Lipinski definition) is 2. The Labute approximate surface area is 114 Å². The summed E-state index contributed by atoms with van der Waals surface area (Å²) >= 11 is 0. The first kappa shape index (κ1) is 15.1. The summed E-state index contributed by atoms with van der Waals surface area (Å²) < 4.78 is 38.1. The summed E-state index contributed by atoms with van der Waals surface area (Å²) in [4.78, 5) is 24.8. The molecule has 0 radical (unpaired) electrons. The van der Waals surface area contributed by atoms with Crippen molar-refractivity contribution < 1.29 is 22.8 Å². The van der Waals surface area contributed by atoms with Gasteiger partial charge in [0, 0.05) is 13.1 Å². The molecular weight excluding hydrogens is 275 g/mol. The van der Waals surface area contributed by atoms with Crippen molar-refractivity contribution in [2.45, 2.75) is 43.8 Å². The zero-order valence-corrected chi connectivity index (χ0v) is 11.0. The zero-order chi connectivity index (χ0) is 15.0. The molecule has 2 rings (SSSR count). The van der Waals surface area contributed by atoms with E-state index in [2.05, 4.69) is 5.32 Å². The third-order valence-corrected chi connectivity index (χ3v) is 4.10. The van der Waals surface area contributed by atoms with Crippen molar-refractivity contribution >= 4 is 11.9 Å². The smallest absolute Gasteiger partial charge is 0.330 e. The van der Waals surface area contributed by atoms with Gasteiger partial charge in [-0.05, 0) is 12.8 Å². The summed E-state index contributed by atoms with van der Waals surface area (Å²) in [7, 11) is 0. The summed E-state index contributed by atoms with van der Waals surface area (Å²) in [5.41, 5.74) is 4.12. The fraction of sp³-hybridized carbons (Fsp3) is 0.833. The van der Waals surface area contributed by atoms with E-state index in [4.69, 9.17) is 5.73 Å². The van der Waals surface area contributed by atoms with Crippen LogP contribution >= 0.6 is 0 Å². The van der Waals surface area contributed by atoms with Crippen molar-refractivity contribution in [1.29, 1.82) is 0 Å². The SMILES string of the molecule is NCC(CN1C(=O)NC2(CCCCC2)C1=O)C(F)(F)F. The van der Waals surface area contributed by atoms with Crippen molar-refractivity contribution in [1.82, 2.24) is 10.2 Å². The minimum atomic E-state index is -4.52. The highest BCUT2D eigenvalue weighted by Gasteiger charge is 2.53. The molecule has 3 amide bonds. The Kier molecular flexibility index (Phi) is 3.95. The van der Waals surface area contributed by atoms with E-state index in [0.717, 1.165) is 19.3 Å². The summed E-state index contributed by atoms with van der Waals surface area (Å²) in [6, 6.07) is -0.736. The largest absolute Gasteiger partial charge is 0.394 e. The normalized spacial score (nSPS) is 24.1. The third kappa shape index (κ3) is 2.61. The van der Waals surface area contributed by atoms with E-state index < -0.39 is 42.7 Å². The third-order valence-electron chi connectivity index (χ3n) is 4.10. The molecule has 0 bridgehead atoms. The van der Waals surface area contributed by atoms with Crippen LogP contribution in [0.5, 0.6) is 0 Å². The van der Waals surface area contributed by atoms with Crippen molar-refractivity contribution in [2.24, 2.45) is 11.7 Å². The first-order valence-corrected chi connectivity index (χ1v) is 6.71. The van der Waals surface area contributed by atoms with E-state index in [1.165, 1.54) is 0 Å². The number of carbonyl (C=O) groups excluding carboxylic acids is 2. The number of imide groups is 1. The Morgan fingerprint density at radius 1 is 1.25 bits per heavy atom. The van der Waals surface area contributed by atoms with Gasteiger partial charge in [0.25, 0.3) is 5.91 Å². The number of halogens is 3. The molecule has 1 aliphatic heterocycles. The number of rotatable bonds is 3. The first-order valence-electron chi connectivity index (χ1n) is 6.71. The van der Waals surface area contributed by atoms with E-state index in [-0.39, 0.29) is 0 Å². The molecule has 0 aromatic carbocycles. The van der Waals surface area contributed by atoms with Crippen molar-refractivity contribution in [2.75, 3.05) is 13.1 Å².